The lowest BCUT2D eigenvalue weighted by Gasteiger charge is -2.18. The third-order valence-corrected chi connectivity index (χ3v) is 2.20. The number of benzene rings is 1. The molecule has 0 radical (unpaired) electrons. The number of aliphatic hydroxyl groups is 3. The topological polar surface area (TPSA) is 86.7 Å². The average molecular weight is 215 g/mol. The lowest BCUT2D eigenvalue weighted by Crippen LogP contribution is -2.27. The Morgan fingerprint density at radius 3 is 2.53 bits per heavy atom. The molecule has 0 aromatic heterocycles. The fraction of sp³-hybridized carbons (Fsp3) is 0.400. The molecule has 15 heavy (non-hydrogen) atoms. The highest BCUT2D eigenvalue weighted by Gasteiger charge is 2.19. The average Bonchev–Trinajstić information content (AvgIpc) is 2.26. The highest BCUT2D eigenvalue weighted by Crippen LogP contribution is 2.21. The number of aliphatic hydroxyl groups excluding tert-OH is 3. The van der Waals surface area contributed by atoms with Crippen LogP contribution in [0, 0.1) is 5.82 Å². The first-order valence-electron chi connectivity index (χ1n) is 4.55. The Hall–Kier alpha value is -1.01. The molecule has 0 amide bonds. The molecule has 4 nitrogen and oxygen atoms in total. The van der Waals surface area contributed by atoms with Gasteiger partial charge < -0.3 is 21.1 Å². The van der Waals surface area contributed by atoms with Gasteiger partial charge in [-0.2, -0.15) is 0 Å². The predicted octanol–water partition coefficient (Wildman–Crippen LogP) is -0.329. The summed E-state index contributed by atoms with van der Waals surface area (Å²) in [5.74, 6) is -0.503. The molecule has 5 heteroatoms. The first-order chi connectivity index (χ1) is 7.10. The Kier molecular flexibility index (Phi) is 4.16. The zero-order valence-electron chi connectivity index (χ0n) is 8.10. The van der Waals surface area contributed by atoms with Crippen LogP contribution in [0.5, 0.6) is 0 Å². The van der Waals surface area contributed by atoms with Crippen molar-refractivity contribution in [3.05, 3.63) is 35.1 Å². The van der Waals surface area contributed by atoms with Crippen molar-refractivity contribution in [3.8, 4) is 0 Å². The summed E-state index contributed by atoms with van der Waals surface area (Å²) in [7, 11) is 0. The van der Waals surface area contributed by atoms with Gasteiger partial charge in [-0.05, 0) is 23.3 Å². The van der Waals surface area contributed by atoms with Crippen LogP contribution in [0.25, 0.3) is 0 Å². The monoisotopic (exact) mass is 215 g/mol. The number of halogens is 1. The van der Waals surface area contributed by atoms with Crippen LogP contribution in [0.4, 0.5) is 4.39 Å². The molecule has 5 N–H and O–H groups in total. The van der Waals surface area contributed by atoms with Crippen LogP contribution in [0.2, 0.25) is 0 Å². The summed E-state index contributed by atoms with van der Waals surface area (Å²) in [5, 5.41) is 27.9. The van der Waals surface area contributed by atoms with Gasteiger partial charge in [-0.1, -0.05) is 6.07 Å². The van der Waals surface area contributed by atoms with E-state index in [1.165, 1.54) is 6.07 Å². The van der Waals surface area contributed by atoms with Crippen molar-refractivity contribution in [1.29, 1.82) is 0 Å². The summed E-state index contributed by atoms with van der Waals surface area (Å²) in [5.41, 5.74) is 5.72. The van der Waals surface area contributed by atoms with Crippen molar-refractivity contribution in [1.82, 2.24) is 0 Å². The van der Waals surface area contributed by atoms with Crippen LogP contribution >= 0.6 is 0 Å². The van der Waals surface area contributed by atoms with Gasteiger partial charge in [-0.3, -0.25) is 0 Å². The highest BCUT2D eigenvalue weighted by molar-refractivity contribution is 5.30. The van der Waals surface area contributed by atoms with Crippen LogP contribution in [0.3, 0.4) is 0 Å². The van der Waals surface area contributed by atoms with Gasteiger partial charge in [-0.15, -0.1) is 0 Å². The van der Waals surface area contributed by atoms with E-state index in [4.69, 9.17) is 10.8 Å². The smallest absolute Gasteiger partial charge is 0.123 e. The maximum absolute atomic E-state index is 12.8. The second-order valence-electron chi connectivity index (χ2n) is 3.25. The summed E-state index contributed by atoms with van der Waals surface area (Å²) in [4.78, 5) is 0. The van der Waals surface area contributed by atoms with E-state index < -0.39 is 24.6 Å². The van der Waals surface area contributed by atoms with Gasteiger partial charge in [0.25, 0.3) is 0 Å². The van der Waals surface area contributed by atoms with Crippen molar-refractivity contribution in [2.45, 2.75) is 18.8 Å². The summed E-state index contributed by atoms with van der Waals surface area (Å²) < 4.78 is 12.8. The molecule has 2 atom stereocenters. The second kappa shape index (κ2) is 5.18. The van der Waals surface area contributed by atoms with Crippen molar-refractivity contribution >= 4 is 0 Å². The van der Waals surface area contributed by atoms with Gasteiger partial charge in [0.1, 0.15) is 11.9 Å². The van der Waals surface area contributed by atoms with Crippen LogP contribution < -0.4 is 5.73 Å². The molecular formula is C10H14FNO3. The van der Waals surface area contributed by atoms with Crippen molar-refractivity contribution in [2.75, 3.05) is 6.54 Å². The van der Waals surface area contributed by atoms with Gasteiger partial charge in [0.2, 0.25) is 0 Å². The van der Waals surface area contributed by atoms with Gasteiger partial charge >= 0.3 is 0 Å². The maximum atomic E-state index is 12.8. The fourth-order valence-electron chi connectivity index (χ4n) is 1.34. The molecule has 0 heterocycles. The molecule has 2 unspecified atom stereocenters. The first-order valence-corrected chi connectivity index (χ1v) is 4.55. The molecule has 84 valence electrons. The molecule has 0 saturated carbocycles. The third-order valence-electron chi connectivity index (χ3n) is 2.20. The molecule has 0 aliphatic heterocycles. The summed E-state index contributed by atoms with van der Waals surface area (Å²) in [6.07, 6.45) is -2.33. The van der Waals surface area contributed by atoms with Gasteiger partial charge in [0, 0.05) is 6.54 Å². The molecule has 0 aliphatic rings. The zero-order chi connectivity index (χ0) is 11.4. The van der Waals surface area contributed by atoms with E-state index in [9.17, 15) is 14.6 Å². The quantitative estimate of drug-likeness (QED) is 0.554. The highest BCUT2D eigenvalue weighted by atomic mass is 19.1. The van der Waals surface area contributed by atoms with E-state index in [0.717, 1.165) is 12.1 Å². The SMILES string of the molecule is NCC(O)C(O)c1ccc(F)cc1CO. The van der Waals surface area contributed by atoms with Gasteiger partial charge in [0.15, 0.2) is 0 Å². The van der Waals surface area contributed by atoms with Crippen LogP contribution in [0.15, 0.2) is 18.2 Å². The largest absolute Gasteiger partial charge is 0.392 e. The standard InChI is InChI=1S/C10H14FNO3/c11-7-1-2-8(6(3-7)5-13)10(15)9(14)4-12/h1-3,9-10,13-15H,4-5,12H2. The molecule has 1 aromatic rings. The number of nitrogens with two attached hydrogens (primary N) is 1. The summed E-state index contributed by atoms with van der Waals surface area (Å²) >= 11 is 0. The lowest BCUT2D eigenvalue weighted by atomic mass is 9.99. The summed E-state index contributed by atoms with van der Waals surface area (Å²) in [6, 6.07) is 3.59. The summed E-state index contributed by atoms with van der Waals surface area (Å²) in [6.45, 7) is -0.509. The zero-order valence-corrected chi connectivity index (χ0v) is 8.10. The van der Waals surface area contributed by atoms with E-state index in [1.54, 1.807) is 0 Å². The number of hydrogen-bond donors (Lipinski definition) is 4. The Labute approximate surface area is 86.8 Å². The minimum Gasteiger partial charge on any atom is -0.392 e. The first kappa shape index (κ1) is 12.1. The van der Waals surface area contributed by atoms with E-state index in [-0.39, 0.29) is 17.7 Å². The Morgan fingerprint density at radius 2 is 2.00 bits per heavy atom. The van der Waals surface area contributed by atoms with E-state index in [1.807, 2.05) is 0 Å². The van der Waals surface area contributed by atoms with E-state index in [0.29, 0.717) is 0 Å². The predicted molar refractivity (Wildman–Crippen MR) is 52.3 cm³/mol. The minimum atomic E-state index is -1.21. The van der Waals surface area contributed by atoms with Crippen LogP contribution in [-0.2, 0) is 6.61 Å². The molecule has 0 saturated heterocycles. The molecule has 0 spiro atoms. The molecular weight excluding hydrogens is 201 g/mol. The van der Waals surface area contributed by atoms with E-state index in [2.05, 4.69) is 0 Å². The molecule has 1 aromatic carbocycles. The fourth-order valence-corrected chi connectivity index (χ4v) is 1.34. The van der Waals surface area contributed by atoms with Crippen molar-refractivity contribution in [2.24, 2.45) is 5.73 Å². The second-order valence-corrected chi connectivity index (χ2v) is 3.25. The number of rotatable bonds is 4. The van der Waals surface area contributed by atoms with Crippen LogP contribution in [-0.4, -0.2) is 28.0 Å². The number of hydrogen-bond acceptors (Lipinski definition) is 4. The lowest BCUT2D eigenvalue weighted by molar-refractivity contribution is 0.0231. The Balaban J connectivity index is 3.02. The maximum Gasteiger partial charge on any atom is 0.123 e. The molecule has 0 bridgehead atoms. The Bertz CT molecular complexity index is 332. The normalized spacial score (nSPS) is 15.0. The van der Waals surface area contributed by atoms with Crippen LogP contribution in [0.1, 0.15) is 17.2 Å². The molecule has 1 rings (SSSR count). The van der Waals surface area contributed by atoms with Crippen molar-refractivity contribution in [3.63, 3.8) is 0 Å². The minimum absolute atomic E-state index is 0.108. The third kappa shape index (κ3) is 2.73. The van der Waals surface area contributed by atoms with Gasteiger partial charge in [-0.25, -0.2) is 4.39 Å². The van der Waals surface area contributed by atoms with Crippen molar-refractivity contribution < 1.29 is 19.7 Å². The van der Waals surface area contributed by atoms with E-state index >= 15 is 0 Å². The Morgan fingerprint density at radius 1 is 1.33 bits per heavy atom. The van der Waals surface area contributed by atoms with Gasteiger partial charge in [0.05, 0.1) is 12.7 Å². The molecule has 0 fully saturated rings. The molecule has 0 aliphatic carbocycles.